The lowest BCUT2D eigenvalue weighted by Crippen LogP contribution is -2.16. The van der Waals surface area contributed by atoms with Crippen LogP contribution in [0.5, 0.6) is 11.5 Å². The molecule has 1 aliphatic heterocycles. The lowest BCUT2D eigenvalue weighted by atomic mass is 10.1. The molecule has 6 nitrogen and oxygen atoms in total. The van der Waals surface area contributed by atoms with E-state index >= 15 is 0 Å². The van der Waals surface area contributed by atoms with Crippen molar-refractivity contribution in [2.24, 2.45) is 0 Å². The zero-order valence-corrected chi connectivity index (χ0v) is 19.1. The van der Waals surface area contributed by atoms with Gasteiger partial charge in [-0.1, -0.05) is 6.07 Å². The van der Waals surface area contributed by atoms with E-state index in [0.29, 0.717) is 30.3 Å². The van der Waals surface area contributed by atoms with Crippen molar-refractivity contribution in [3.63, 3.8) is 0 Å². The average molecular weight is 438 g/mol. The van der Waals surface area contributed by atoms with E-state index in [4.69, 9.17) is 14.6 Å². The van der Waals surface area contributed by atoms with E-state index < -0.39 is 0 Å². The topological polar surface area (TPSA) is 65.4 Å². The number of benzene rings is 2. The standard InChI is InChI=1S/C24H27N3O3S/c1-5-29-21-10-8-17(12-22(21)30-6-2)24(28)25-23-19-13-31-14-20(19)26-27(23)18-9-7-15(3)16(4)11-18/h7-12H,5-6,13-14H2,1-4H3,(H,25,28). The summed E-state index contributed by atoms with van der Waals surface area (Å²) in [5.41, 5.74) is 5.99. The number of aromatic nitrogens is 2. The van der Waals surface area contributed by atoms with Gasteiger partial charge in [0, 0.05) is 22.6 Å². The first-order chi connectivity index (χ1) is 15.0. The molecule has 0 aliphatic carbocycles. The summed E-state index contributed by atoms with van der Waals surface area (Å²) in [6, 6.07) is 11.5. The SMILES string of the molecule is CCOc1ccc(C(=O)Nc2c3c(nn2-c2ccc(C)c(C)c2)CSC3)cc1OCC. The Bertz CT molecular complexity index is 1120. The van der Waals surface area contributed by atoms with Gasteiger partial charge in [0.15, 0.2) is 11.5 Å². The van der Waals surface area contributed by atoms with Gasteiger partial charge >= 0.3 is 0 Å². The Kier molecular flexibility index (Phi) is 6.23. The molecule has 1 N–H and O–H groups in total. The van der Waals surface area contributed by atoms with E-state index in [-0.39, 0.29) is 5.91 Å². The molecule has 3 aromatic rings. The van der Waals surface area contributed by atoms with Crippen molar-refractivity contribution in [3.05, 3.63) is 64.3 Å². The normalized spacial score (nSPS) is 12.5. The molecule has 0 spiro atoms. The third-order valence-electron chi connectivity index (χ3n) is 5.32. The van der Waals surface area contributed by atoms with Crippen LogP contribution in [0.15, 0.2) is 36.4 Å². The van der Waals surface area contributed by atoms with Crippen molar-refractivity contribution < 1.29 is 14.3 Å². The number of ether oxygens (including phenoxy) is 2. The first kappa shape index (κ1) is 21.3. The molecule has 4 rings (SSSR count). The second-order valence-electron chi connectivity index (χ2n) is 7.43. The fourth-order valence-electron chi connectivity index (χ4n) is 3.56. The second-order valence-corrected chi connectivity index (χ2v) is 8.41. The molecule has 0 bridgehead atoms. The van der Waals surface area contributed by atoms with Gasteiger partial charge in [-0.25, -0.2) is 4.68 Å². The molecule has 31 heavy (non-hydrogen) atoms. The van der Waals surface area contributed by atoms with Crippen molar-refractivity contribution in [2.75, 3.05) is 18.5 Å². The molecule has 0 unspecified atom stereocenters. The van der Waals surface area contributed by atoms with Crippen molar-refractivity contribution in [1.82, 2.24) is 9.78 Å². The van der Waals surface area contributed by atoms with Crippen molar-refractivity contribution in [3.8, 4) is 17.2 Å². The molecule has 2 aromatic carbocycles. The number of carbonyl (C=O) groups is 1. The fourth-order valence-corrected chi connectivity index (χ4v) is 4.59. The minimum absolute atomic E-state index is 0.200. The van der Waals surface area contributed by atoms with Crippen LogP contribution >= 0.6 is 11.8 Å². The van der Waals surface area contributed by atoms with Gasteiger partial charge in [-0.05, 0) is 69.2 Å². The Labute approximate surface area is 186 Å². The minimum Gasteiger partial charge on any atom is -0.490 e. The van der Waals surface area contributed by atoms with Gasteiger partial charge in [-0.2, -0.15) is 16.9 Å². The van der Waals surface area contributed by atoms with E-state index in [1.807, 2.05) is 36.4 Å². The van der Waals surface area contributed by atoms with Crippen LogP contribution in [0.3, 0.4) is 0 Å². The number of hydrogen-bond acceptors (Lipinski definition) is 5. The fraction of sp³-hybridized carbons (Fsp3) is 0.333. The van der Waals surface area contributed by atoms with E-state index in [1.165, 1.54) is 11.1 Å². The highest BCUT2D eigenvalue weighted by molar-refractivity contribution is 7.98. The van der Waals surface area contributed by atoms with Crippen molar-refractivity contribution in [1.29, 1.82) is 0 Å². The quantitative estimate of drug-likeness (QED) is 0.544. The van der Waals surface area contributed by atoms with Crippen LogP contribution < -0.4 is 14.8 Å². The molecule has 1 aromatic heterocycles. The Morgan fingerprint density at radius 3 is 2.55 bits per heavy atom. The average Bonchev–Trinajstić information content (AvgIpc) is 3.34. The van der Waals surface area contributed by atoms with Crippen LogP contribution in [0.2, 0.25) is 0 Å². The first-order valence-electron chi connectivity index (χ1n) is 10.5. The molecular weight excluding hydrogens is 410 g/mol. The molecule has 0 radical (unpaired) electrons. The van der Waals surface area contributed by atoms with Gasteiger partial charge in [0.2, 0.25) is 0 Å². The Balaban J connectivity index is 1.68. The van der Waals surface area contributed by atoms with Crippen LogP contribution in [-0.4, -0.2) is 28.9 Å². The summed E-state index contributed by atoms with van der Waals surface area (Å²) in [6.45, 7) is 9.02. The summed E-state index contributed by atoms with van der Waals surface area (Å²) in [6.07, 6.45) is 0. The van der Waals surface area contributed by atoms with Gasteiger partial charge in [0.1, 0.15) is 5.82 Å². The Hall–Kier alpha value is -2.93. The number of nitrogens with one attached hydrogen (secondary N) is 1. The number of amides is 1. The highest BCUT2D eigenvalue weighted by Gasteiger charge is 2.25. The van der Waals surface area contributed by atoms with Crippen LogP contribution in [0.25, 0.3) is 5.69 Å². The van der Waals surface area contributed by atoms with Gasteiger partial charge in [-0.3, -0.25) is 4.79 Å². The molecule has 0 saturated heterocycles. The highest BCUT2D eigenvalue weighted by Crippen LogP contribution is 2.37. The molecular formula is C24H27N3O3S. The van der Waals surface area contributed by atoms with Gasteiger partial charge in [0.05, 0.1) is 24.6 Å². The van der Waals surface area contributed by atoms with Gasteiger partial charge in [0.25, 0.3) is 5.91 Å². The number of aryl methyl sites for hydroxylation is 2. The zero-order chi connectivity index (χ0) is 22.0. The van der Waals surface area contributed by atoms with E-state index in [2.05, 4.69) is 31.3 Å². The maximum Gasteiger partial charge on any atom is 0.256 e. The lowest BCUT2D eigenvalue weighted by Gasteiger charge is -2.14. The number of carbonyl (C=O) groups excluding carboxylic acids is 1. The summed E-state index contributed by atoms with van der Waals surface area (Å²) in [5, 5.41) is 7.91. The number of anilines is 1. The smallest absolute Gasteiger partial charge is 0.256 e. The van der Waals surface area contributed by atoms with Crippen LogP contribution in [0.4, 0.5) is 5.82 Å². The minimum atomic E-state index is -0.200. The van der Waals surface area contributed by atoms with Crippen LogP contribution in [0, 0.1) is 13.8 Å². The predicted molar refractivity (Wildman–Crippen MR) is 125 cm³/mol. The first-order valence-corrected chi connectivity index (χ1v) is 11.6. The third-order valence-corrected chi connectivity index (χ3v) is 6.29. The molecule has 1 amide bonds. The van der Waals surface area contributed by atoms with Gasteiger partial charge < -0.3 is 14.8 Å². The number of rotatable bonds is 7. The number of hydrogen-bond donors (Lipinski definition) is 1. The monoisotopic (exact) mass is 437 g/mol. The predicted octanol–water partition coefficient (Wildman–Crippen LogP) is 5.29. The molecule has 1 aliphatic rings. The van der Waals surface area contributed by atoms with Crippen LogP contribution in [-0.2, 0) is 11.5 Å². The number of fused-ring (bicyclic) bond motifs is 1. The summed E-state index contributed by atoms with van der Waals surface area (Å²) < 4.78 is 13.1. The Morgan fingerprint density at radius 2 is 1.81 bits per heavy atom. The molecule has 7 heteroatoms. The summed E-state index contributed by atoms with van der Waals surface area (Å²) in [7, 11) is 0. The number of thioether (sulfide) groups is 1. The lowest BCUT2D eigenvalue weighted by molar-refractivity contribution is 0.102. The largest absolute Gasteiger partial charge is 0.490 e. The van der Waals surface area contributed by atoms with E-state index in [1.54, 1.807) is 18.2 Å². The molecule has 0 fully saturated rings. The van der Waals surface area contributed by atoms with E-state index in [9.17, 15) is 4.79 Å². The third kappa shape index (κ3) is 4.28. The molecule has 0 atom stereocenters. The Morgan fingerprint density at radius 1 is 1.03 bits per heavy atom. The molecule has 2 heterocycles. The van der Waals surface area contributed by atoms with Crippen molar-refractivity contribution >= 4 is 23.5 Å². The summed E-state index contributed by atoms with van der Waals surface area (Å²) >= 11 is 1.81. The van der Waals surface area contributed by atoms with Gasteiger partial charge in [-0.15, -0.1) is 0 Å². The maximum absolute atomic E-state index is 13.2. The maximum atomic E-state index is 13.2. The summed E-state index contributed by atoms with van der Waals surface area (Å²) in [4.78, 5) is 13.2. The molecule has 0 saturated carbocycles. The highest BCUT2D eigenvalue weighted by atomic mass is 32.2. The zero-order valence-electron chi connectivity index (χ0n) is 18.3. The number of nitrogens with zero attached hydrogens (tertiary/aromatic N) is 2. The van der Waals surface area contributed by atoms with E-state index in [0.717, 1.165) is 34.3 Å². The molecule has 162 valence electrons. The summed E-state index contributed by atoms with van der Waals surface area (Å²) in [5.74, 6) is 3.43. The van der Waals surface area contributed by atoms with Crippen LogP contribution in [0.1, 0.15) is 46.6 Å². The second kappa shape index (κ2) is 9.06. The van der Waals surface area contributed by atoms with Crippen molar-refractivity contribution in [2.45, 2.75) is 39.2 Å².